The SMILES string of the molecule is CCNC(=O)[C@@]1(Cc2ccc(-c3ccncc3)cc2)CCCN(C(=O)C2CCCC2)C1. The molecule has 5 nitrogen and oxygen atoms in total. The van der Waals surface area contributed by atoms with Crippen LogP contribution in [0.2, 0.25) is 0 Å². The van der Waals surface area contributed by atoms with Gasteiger partial charge in [0.05, 0.1) is 5.41 Å². The Labute approximate surface area is 185 Å². The minimum atomic E-state index is -0.555. The van der Waals surface area contributed by atoms with E-state index in [1.807, 2.05) is 24.0 Å². The summed E-state index contributed by atoms with van der Waals surface area (Å²) in [5.41, 5.74) is 2.85. The summed E-state index contributed by atoms with van der Waals surface area (Å²) >= 11 is 0. The third-order valence-corrected chi connectivity index (χ3v) is 6.92. The maximum atomic E-state index is 13.2. The van der Waals surface area contributed by atoms with Crippen molar-refractivity contribution in [3.8, 4) is 11.1 Å². The van der Waals surface area contributed by atoms with Gasteiger partial charge in [0.2, 0.25) is 11.8 Å². The lowest BCUT2D eigenvalue weighted by Crippen LogP contribution is -2.55. The number of nitrogens with zero attached hydrogens (tertiary/aromatic N) is 2. The van der Waals surface area contributed by atoms with Crippen molar-refractivity contribution in [2.45, 2.75) is 51.9 Å². The number of pyridine rings is 1. The third-order valence-electron chi connectivity index (χ3n) is 6.92. The first-order valence-corrected chi connectivity index (χ1v) is 11.7. The van der Waals surface area contributed by atoms with E-state index in [1.165, 1.54) is 0 Å². The zero-order valence-corrected chi connectivity index (χ0v) is 18.5. The first-order valence-electron chi connectivity index (χ1n) is 11.7. The van der Waals surface area contributed by atoms with Crippen molar-refractivity contribution in [2.24, 2.45) is 11.3 Å². The molecule has 1 aromatic carbocycles. The monoisotopic (exact) mass is 419 g/mol. The van der Waals surface area contributed by atoms with Gasteiger partial charge in [0, 0.05) is 37.9 Å². The number of amides is 2. The van der Waals surface area contributed by atoms with Crippen LogP contribution in [-0.4, -0.2) is 41.3 Å². The Morgan fingerprint density at radius 1 is 1.03 bits per heavy atom. The molecule has 2 aliphatic rings. The van der Waals surface area contributed by atoms with Crippen molar-refractivity contribution < 1.29 is 9.59 Å². The summed E-state index contributed by atoms with van der Waals surface area (Å²) < 4.78 is 0. The molecule has 2 fully saturated rings. The van der Waals surface area contributed by atoms with Crippen molar-refractivity contribution in [1.29, 1.82) is 0 Å². The van der Waals surface area contributed by atoms with Crippen LogP contribution < -0.4 is 5.32 Å². The largest absolute Gasteiger partial charge is 0.356 e. The molecular formula is C26H33N3O2. The fourth-order valence-electron chi connectivity index (χ4n) is 5.26. The Hall–Kier alpha value is -2.69. The predicted octanol–water partition coefficient (Wildman–Crippen LogP) is 4.23. The Kier molecular flexibility index (Phi) is 6.69. The van der Waals surface area contributed by atoms with E-state index in [4.69, 9.17) is 0 Å². The van der Waals surface area contributed by atoms with Gasteiger partial charge >= 0.3 is 0 Å². The van der Waals surface area contributed by atoms with Gasteiger partial charge in [-0.15, -0.1) is 0 Å². The smallest absolute Gasteiger partial charge is 0.228 e. The molecule has 2 aromatic rings. The second-order valence-electron chi connectivity index (χ2n) is 9.09. The lowest BCUT2D eigenvalue weighted by molar-refractivity contribution is -0.144. The van der Waals surface area contributed by atoms with Gasteiger partial charge in [-0.25, -0.2) is 0 Å². The van der Waals surface area contributed by atoms with Crippen molar-refractivity contribution in [2.75, 3.05) is 19.6 Å². The third kappa shape index (κ3) is 4.81. The van der Waals surface area contributed by atoms with Crippen LogP contribution in [0.4, 0.5) is 0 Å². The van der Waals surface area contributed by atoms with Gasteiger partial charge in [0.25, 0.3) is 0 Å². The van der Waals surface area contributed by atoms with E-state index in [0.29, 0.717) is 19.5 Å². The van der Waals surface area contributed by atoms with Gasteiger partial charge in [-0.2, -0.15) is 0 Å². The quantitative estimate of drug-likeness (QED) is 0.762. The summed E-state index contributed by atoms with van der Waals surface area (Å²) in [6.07, 6.45) is 10.2. The molecule has 2 amide bonds. The number of benzene rings is 1. The maximum Gasteiger partial charge on any atom is 0.228 e. The fourth-order valence-corrected chi connectivity index (χ4v) is 5.26. The molecular weight excluding hydrogens is 386 g/mol. The standard InChI is InChI=1S/C26H33N3O2/c1-2-28-25(31)26(14-5-17-29(19-26)24(30)23-6-3-4-7-23)18-20-8-10-21(11-9-20)22-12-15-27-16-13-22/h8-13,15-16,23H,2-7,14,17-19H2,1H3,(H,28,31)/t26-/m1/s1. The zero-order valence-electron chi connectivity index (χ0n) is 18.5. The van der Waals surface area contributed by atoms with Crippen LogP contribution in [0, 0.1) is 11.3 Å². The molecule has 2 heterocycles. The highest BCUT2D eigenvalue weighted by Gasteiger charge is 2.44. The van der Waals surface area contributed by atoms with Gasteiger partial charge < -0.3 is 10.2 Å². The van der Waals surface area contributed by atoms with Crippen molar-refractivity contribution in [1.82, 2.24) is 15.2 Å². The Morgan fingerprint density at radius 2 is 1.71 bits per heavy atom. The van der Waals surface area contributed by atoms with E-state index < -0.39 is 5.41 Å². The minimum absolute atomic E-state index is 0.0807. The van der Waals surface area contributed by atoms with Crippen LogP contribution in [0.3, 0.4) is 0 Å². The van der Waals surface area contributed by atoms with Crippen LogP contribution in [0.1, 0.15) is 51.0 Å². The van der Waals surface area contributed by atoms with Gasteiger partial charge in [-0.3, -0.25) is 14.6 Å². The summed E-state index contributed by atoms with van der Waals surface area (Å²) in [6.45, 7) is 3.87. The number of rotatable bonds is 6. The molecule has 31 heavy (non-hydrogen) atoms. The first-order chi connectivity index (χ1) is 15.1. The molecule has 5 heteroatoms. The van der Waals surface area contributed by atoms with Crippen LogP contribution >= 0.6 is 0 Å². The average molecular weight is 420 g/mol. The molecule has 1 aliphatic carbocycles. The molecule has 0 spiro atoms. The lowest BCUT2D eigenvalue weighted by atomic mass is 9.73. The average Bonchev–Trinajstić information content (AvgIpc) is 3.35. The highest BCUT2D eigenvalue weighted by Crippen LogP contribution is 2.37. The van der Waals surface area contributed by atoms with Crippen LogP contribution in [0.15, 0.2) is 48.8 Å². The predicted molar refractivity (Wildman–Crippen MR) is 122 cm³/mol. The minimum Gasteiger partial charge on any atom is -0.356 e. The summed E-state index contributed by atoms with van der Waals surface area (Å²) in [5.74, 6) is 0.501. The molecule has 0 unspecified atom stereocenters. The first kappa shape index (κ1) is 21.5. The fraction of sp³-hybridized carbons (Fsp3) is 0.500. The highest BCUT2D eigenvalue weighted by molar-refractivity contribution is 5.85. The number of nitrogens with one attached hydrogen (secondary N) is 1. The van der Waals surface area contributed by atoms with Crippen molar-refractivity contribution in [3.63, 3.8) is 0 Å². The Balaban J connectivity index is 1.54. The van der Waals surface area contributed by atoms with Gasteiger partial charge in [0.15, 0.2) is 0 Å². The second kappa shape index (κ2) is 9.63. The van der Waals surface area contributed by atoms with E-state index in [1.54, 1.807) is 12.4 Å². The number of carbonyl (C=O) groups excluding carboxylic acids is 2. The van der Waals surface area contributed by atoms with E-state index in [-0.39, 0.29) is 17.7 Å². The Morgan fingerprint density at radius 3 is 2.39 bits per heavy atom. The van der Waals surface area contributed by atoms with Crippen LogP contribution in [0.5, 0.6) is 0 Å². The Bertz CT molecular complexity index is 891. The van der Waals surface area contributed by atoms with Crippen molar-refractivity contribution >= 4 is 11.8 Å². The summed E-state index contributed by atoms with van der Waals surface area (Å²) in [5, 5.41) is 3.06. The van der Waals surface area contributed by atoms with E-state index in [0.717, 1.165) is 61.8 Å². The number of hydrogen-bond acceptors (Lipinski definition) is 3. The van der Waals surface area contributed by atoms with Gasteiger partial charge in [-0.1, -0.05) is 37.1 Å². The van der Waals surface area contributed by atoms with E-state index in [2.05, 4.69) is 34.6 Å². The molecule has 1 atom stereocenters. The van der Waals surface area contributed by atoms with Crippen LogP contribution in [-0.2, 0) is 16.0 Å². The number of likely N-dealkylation sites (tertiary alicyclic amines) is 1. The zero-order chi connectivity index (χ0) is 21.7. The summed E-state index contributed by atoms with van der Waals surface area (Å²) in [6, 6.07) is 12.5. The number of aromatic nitrogens is 1. The molecule has 1 N–H and O–H groups in total. The lowest BCUT2D eigenvalue weighted by Gasteiger charge is -2.42. The summed E-state index contributed by atoms with van der Waals surface area (Å²) in [7, 11) is 0. The number of carbonyl (C=O) groups is 2. The second-order valence-corrected chi connectivity index (χ2v) is 9.09. The molecule has 1 saturated carbocycles. The molecule has 1 aromatic heterocycles. The maximum absolute atomic E-state index is 13.2. The normalized spacial score (nSPS) is 21.8. The topological polar surface area (TPSA) is 62.3 Å². The van der Waals surface area contributed by atoms with Crippen LogP contribution in [0.25, 0.3) is 11.1 Å². The highest BCUT2D eigenvalue weighted by atomic mass is 16.2. The van der Waals surface area contributed by atoms with Gasteiger partial charge in [0.1, 0.15) is 0 Å². The summed E-state index contributed by atoms with van der Waals surface area (Å²) in [4.78, 5) is 32.4. The molecule has 4 rings (SSSR count). The number of hydrogen-bond donors (Lipinski definition) is 1. The molecule has 164 valence electrons. The van der Waals surface area contributed by atoms with Gasteiger partial charge in [-0.05, 0) is 67.9 Å². The van der Waals surface area contributed by atoms with Crippen molar-refractivity contribution in [3.05, 3.63) is 54.4 Å². The molecule has 1 saturated heterocycles. The van der Waals surface area contributed by atoms with E-state index >= 15 is 0 Å². The number of piperidine rings is 1. The molecule has 0 bridgehead atoms. The molecule has 1 aliphatic heterocycles. The van der Waals surface area contributed by atoms with E-state index in [9.17, 15) is 9.59 Å². The molecule has 0 radical (unpaired) electrons.